The molecule has 0 aliphatic carbocycles. The van der Waals surface area contributed by atoms with Crippen molar-refractivity contribution in [2.24, 2.45) is 0 Å². The first-order valence-electron chi connectivity index (χ1n) is 8.76. The van der Waals surface area contributed by atoms with Crippen molar-refractivity contribution < 1.29 is 14.3 Å². The Bertz CT molecular complexity index is 1040. The van der Waals surface area contributed by atoms with Gasteiger partial charge in [-0.15, -0.1) is 0 Å². The standard InChI is InChI=1S/C18H19N5O4S/c1-26-13-4-2-12(3-5-13)20-14(24)10-23-11-19-16-15(17(23)25)28-18(21-16)22-6-8-27-9-7-22/h2-5,11H,6-10H2,1H3,(H,20,24). The Morgan fingerprint density at radius 1 is 1.29 bits per heavy atom. The summed E-state index contributed by atoms with van der Waals surface area (Å²) in [5.41, 5.74) is 0.760. The molecule has 2 aromatic heterocycles. The van der Waals surface area contributed by atoms with E-state index in [0.29, 0.717) is 35.0 Å². The highest BCUT2D eigenvalue weighted by Gasteiger charge is 2.18. The molecule has 3 aromatic rings. The molecule has 4 rings (SSSR count). The number of amides is 1. The van der Waals surface area contributed by atoms with Crippen LogP contribution in [0.4, 0.5) is 10.8 Å². The highest BCUT2D eigenvalue weighted by molar-refractivity contribution is 7.22. The molecule has 1 aliphatic rings. The maximum atomic E-state index is 12.7. The molecule has 1 N–H and O–H groups in total. The Morgan fingerprint density at radius 3 is 2.75 bits per heavy atom. The molecule has 28 heavy (non-hydrogen) atoms. The van der Waals surface area contributed by atoms with Crippen molar-refractivity contribution in [3.8, 4) is 5.75 Å². The lowest BCUT2D eigenvalue weighted by Gasteiger charge is -2.25. The number of hydrogen-bond acceptors (Lipinski definition) is 8. The van der Waals surface area contributed by atoms with E-state index in [1.54, 1.807) is 31.4 Å². The van der Waals surface area contributed by atoms with Crippen LogP contribution in [0.15, 0.2) is 35.4 Å². The van der Waals surface area contributed by atoms with E-state index >= 15 is 0 Å². The number of nitrogens with zero attached hydrogens (tertiary/aromatic N) is 4. The van der Waals surface area contributed by atoms with Crippen LogP contribution < -0.4 is 20.5 Å². The second-order valence-electron chi connectivity index (χ2n) is 6.20. The Morgan fingerprint density at radius 2 is 2.04 bits per heavy atom. The SMILES string of the molecule is COc1ccc(NC(=O)Cn2cnc3nc(N4CCOCC4)sc3c2=O)cc1. The Hall–Kier alpha value is -2.98. The van der Waals surface area contributed by atoms with Gasteiger partial charge >= 0.3 is 0 Å². The third-order valence-corrected chi connectivity index (χ3v) is 5.44. The van der Waals surface area contributed by atoms with E-state index in [1.807, 2.05) is 0 Å². The maximum absolute atomic E-state index is 12.7. The van der Waals surface area contributed by atoms with E-state index in [4.69, 9.17) is 9.47 Å². The van der Waals surface area contributed by atoms with Gasteiger partial charge in [-0.05, 0) is 24.3 Å². The van der Waals surface area contributed by atoms with Crippen molar-refractivity contribution in [1.82, 2.24) is 14.5 Å². The van der Waals surface area contributed by atoms with Crippen LogP contribution in [0.5, 0.6) is 5.75 Å². The average Bonchev–Trinajstić information content (AvgIpc) is 3.17. The van der Waals surface area contributed by atoms with E-state index in [-0.39, 0.29) is 18.0 Å². The molecule has 1 saturated heterocycles. The molecule has 0 unspecified atom stereocenters. The maximum Gasteiger partial charge on any atom is 0.273 e. The summed E-state index contributed by atoms with van der Waals surface area (Å²) in [4.78, 5) is 35.8. The van der Waals surface area contributed by atoms with Gasteiger partial charge in [0.15, 0.2) is 10.8 Å². The second kappa shape index (κ2) is 7.95. The van der Waals surface area contributed by atoms with Crippen molar-refractivity contribution in [2.75, 3.05) is 43.6 Å². The lowest BCUT2D eigenvalue weighted by Crippen LogP contribution is -2.36. The number of carbonyl (C=O) groups excluding carboxylic acids is 1. The molecule has 146 valence electrons. The Balaban J connectivity index is 1.50. The van der Waals surface area contributed by atoms with Gasteiger partial charge in [-0.2, -0.15) is 4.98 Å². The number of thiazole rings is 1. The smallest absolute Gasteiger partial charge is 0.273 e. The monoisotopic (exact) mass is 401 g/mol. The van der Waals surface area contributed by atoms with Gasteiger partial charge in [0.25, 0.3) is 5.56 Å². The average molecular weight is 401 g/mol. The number of methoxy groups -OCH3 is 1. The van der Waals surface area contributed by atoms with E-state index in [9.17, 15) is 9.59 Å². The first-order valence-corrected chi connectivity index (χ1v) is 9.58. The van der Waals surface area contributed by atoms with E-state index in [0.717, 1.165) is 18.2 Å². The summed E-state index contributed by atoms with van der Waals surface area (Å²) < 4.78 is 12.2. The number of morpholine rings is 1. The van der Waals surface area contributed by atoms with Gasteiger partial charge in [0.1, 0.15) is 23.3 Å². The first kappa shape index (κ1) is 18.4. The van der Waals surface area contributed by atoms with Crippen LogP contribution in [0.25, 0.3) is 10.3 Å². The van der Waals surface area contributed by atoms with Gasteiger partial charge in [-0.3, -0.25) is 14.2 Å². The van der Waals surface area contributed by atoms with Crippen molar-refractivity contribution in [2.45, 2.75) is 6.54 Å². The van der Waals surface area contributed by atoms with Gasteiger partial charge in [0, 0.05) is 18.8 Å². The Labute approximate surface area is 164 Å². The summed E-state index contributed by atoms with van der Waals surface area (Å²) in [6.07, 6.45) is 1.36. The molecule has 10 heteroatoms. The number of nitrogens with one attached hydrogen (secondary N) is 1. The molecule has 9 nitrogen and oxygen atoms in total. The molecule has 0 spiro atoms. The fourth-order valence-corrected chi connectivity index (χ4v) is 3.89. The van der Waals surface area contributed by atoms with Gasteiger partial charge < -0.3 is 19.7 Å². The molecule has 0 bridgehead atoms. The van der Waals surface area contributed by atoms with Gasteiger partial charge in [-0.1, -0.05) is 11.3 Å². The molecular weight excluding hydrogens is 382 g/mol. The first-order chi connectivity index (χ1) is 13.6. The largest absolute Gasteiger partial charge is 0.497 e. The second-order valence-corrected chi connectivity index (χ2v) is 7.18. The zero-order valence-corrected chi connectivity index (χ0v) is 16.1. The molecule has 0 radical (unpaired) electrons. The summed E-state index contributed by atoms with van der Waals surface area (Å²) >= 11 is 1.30. The number of rotatable bonds is 5. The van der Waals surface area contributed by atoms with Gasteiger partial charge in [0.05, 0.1) is 20.3 Å². The fraction of sp³-hybridized carbons (Fsp3) is 0.333. The highest BCUT2D eigenvalue weighted by Crippen LogP contribution is 2.25. The predicted molar refractivity (Wildman–Crippen MR) is 106 cm³/mol. The van der Waals surface area contributed by atoms with Crippen LogP contribution in [-0.4, -0.2) is 53.9 Å². The minimum absolute atomic E-state index is 0.126. The van der Waals surface area contributed by atoms with Crippen molar-refractivity contribution in [1.29, 1.82) is 0 Å². The molecular formula is C18H19N5O4S. The Kier molecular flexibility index (Phi) is 5.22. The highest BCUT2D eigenvalue weighted by atomic mass is 32.1. The molecule has 0 saturated carbocycles. The van der Waals surface area contributed by atoms with E-state index in [2.05, 4.69) is 20.2 Å². The number of hydrogen-bond donors (Lipinski definition) is 1. The normalized spacial score (nSPS) is 14.2. The quantitative estimate of drug-likeness (QED) is 0.689. The minimum Gasteiger partial charge on any atom is -0.497 e. The van der Waals surface area contributed by atoms with E-state index < -0.39 is 0 Å². The predicted octanol–water partition coefficient (Wildman–Crippen LogP) is 1.34. The third-order valence-electron chi connectivity index (χ3n) is 4.34. The zero-order valence-electron chi connectivity index (χ0n) is 15.3. The van der Waals surface area contributed by atoms with Crippen LogP contribution in [0.3, 0.4) is 0 Å². The van der Waals surface area contributed by atoms with Crippen LogP contribution >= 0.6 is 11.3 Å². The summed E-state index contributed by atoms with van der Waals surface area (Å²) in [7, 11) is 1.58. The molecule has 3 heterocycles. The molecule has 1 fully saturated rings. The number of anilines is 2. The molecule has 1 aliphatic heterocycles. The third kappa shape index (κ3) is 3.82. The number of ether oxygens (including phenoxy) is 2. The van der Waals surface area contributed by atoms with Crippen molar-refractivity contribution >= 4 is 38.4 Å². The van der Waals surface area contributed by atoms with Crippen LogP contribution in [0.2, 0.25) is 0 Å². The number of aromatic nitrogens is 3. The number of fused-ring (bicyclic) bond motifs is 1. The van der Waals surface area contributed by atoms with Crippen LogP contribution in [0, 0.1) is 0 Å². The lowest BCUT2D eigenvalue weighted by atomic mass is 10.3. The minimum atomic E-state index is -0.314. The molecule has 1 amide bonds. The van der Waals surface area contributed by atoms with Crippen LogP contribution in [0.1, 0.15) is 0 Å². The summed E-state index contributed by atoms with van der Waals surface area (Å²) in [6.45, 7) is 2.62. The van der Waals surface area contributed by atoms with Crippen molar-refractivity contribution in [3.05, 3.63) is 40.9 Å². The molecule has 0 atom stereocenters. The van der Waals surface area contributed by atoms with Crippen LogP contribution in [-0.2, 0) is 16.1 Å². The summed E-state index contributed by atoms with van der Waals surface area (Å²) in [5, 5.41) is 3.51. The van der Waals surface area contributed by atoms with Crippen molar-refractivity contribution in [3.63, 3.8) is 0 Å². The zero-order chi connectivity index (χ0) is 19.5. The van der Waals surface area contributed by atoms with E-state index in [1.165, 1.54) is 22.2 Å². The number of carbonyl (C=O) groups is 1. The lowest BCUT2D eigenvalue weighted by molar-refractivity contribution is -0.116. The summed E-state index contributed by atoms with van der Waals surface area (Å²) in [5.74, 6) is 0.386. The van der Waals surface area contributed by atoms with Gasteiger partial charge in [-0.25, -0.2) is 4.98 Å². The molecule has 1 aromatic carbocycles. The van der Waals surface area contributed by atoms with Gasteiger partial charge in [0.2, 0.25) is 5.91 Å². The number of benzene rings is 1. The fourth-order valence-electron chi connectivity index (χ4n) is 2.87. The summed E-state index contributed by atoms with van der Waals surface area (Å²) in [6, 6.07) is 6.97. The topological polar surface area (TPSA) is 98.6 Å².